The van der Waals surface area contributed by atoms with E-state index in [2.05, 4.69) is 95.7 Å². The molecular formula is C103H186N18O21. The summed E-state index contributed by atoms with van der Waals surface area (Å²) >= 11 is 0. The lowest BCUT2D eigenvalue weighted by Crippen LogP contribution is -2.58. The van der Waals surface area contributed by atoms with Crippen molar-refractivity contribution in [2.75, 3.05) is 39.3 Å². The Bertz CT molecular complexity index is 3940. The molecule has 0 fully saturated rings. The van der Waals surface area contributed by atoms with Gasteiger partial charge in [-0.25, -0.2) is 0 Å². The van der Waals surface area contributed by atoms with Crippen LogP contribution >= 0.6 is 0 Å². The van der Waals surface area contributed by atoms with E-state index in [1.807, 2.05) is 203 Å². The first-order valence-electron chi connectivity index (χ1n) is 52.0. The maximum absolute atomic E-state index is 13.9. The van der Waals surface area contributed by atoms with Crippen LogP contribution in [0.5, 0.6) is 0 Å². The fourth-order valence-electron chi connectivity index (χ4n) is 15.5. The minimum absolute atomic E-state index is 0.0161. The number of amides is 15. The Morgan fingerprint density at radius 3 is 0.761 bits per heavy atom. The fourth-order valence-corrected chi connectivity index (χ4v) is 15.5. The number of nitrogens with one attached hydrogen (secondary N) is 18. The van der Waals surface area contributed by atoms with Crippen molar-refractivity contribution in [1.29, 1.82) is 0 Å². The molecular weight excluding hydrogens is 1830 g/mol. The second kappa shape index (κ2) is 75.3. The monoisotopic (exact) mass is 2010 g/mol. The van der Waals surface area contributed by atoms with E-state index in [0.717, 1.165) is 5.56 Å². The number of hydrogen-bond donors (Lipinski definition) is 21. The Balaban J connectivity index is 0. The van der Waals surface area contributed by atoms with Crippen LogP contribution in [-0.4, -0.2) is 252 Å². The number of benzene rings is 1. The zero-order valence-electron chi connectivity index (χ0n) is 90.4. The van der Waals surface area contributed by atoms with Crippen molar-refractivity contribution in [3.63, 3.8) is 0 Å². The van der Waals surface area contributed by atoms with Crippen molar-refractivity contribution in [3.8, 4) is 0 Å². The standard InChI is InChI=1S/C38H64N6O7.C33H62N6O7.C32H60N6O7/c1-9-29(35(48)44-34(26(7)8)38(51)39-10-2)40-23-28(21-24(3)4)41-36(49)30(20-19-27-15-12-11-13-16-27)43-37(50)31(22-25(5)6)42-32(45)17-14-18-33(46)47;1-10-14-25(38-32(45)26(18-21(6)7)37-27(40)15-13-16-28(41)42)31(44)36-23(17-20(4)5)19-35-24(11-2)30(43)39-29(22(8)9)33(46)34-12-3;1-10-13-24(37-31(44)25(17-20(5)6)36-26(39)14-12-15-27(40)41)30(43)35-23(16-19(3)4)18-34-22(9)29(42)38-28(21(7)8)32(45)33-11-2/h11-13,15-16,24-26,28-31,34,40H,9-10,14,17-23H2,1-8H3,(H,39,51)(H,41,49)(H,42,45)(H,43,50)(H,44,48)(H,46,47);20-26,29,35H,10-19H2,1-9H3,(H,34,46)(H,36,44)(H,37,40)(H,38,45)(H,39,43)(H,41,42);19-25,28,34H,10-18H2,1-9H3,(H,33,45)(H,35,43)(H,36,39)(H,37,44)(H,38,42)(H,40,41)/t28-,29-,30-,31-,34-;23-,24-,25-,26-,29-;22-,23-,24-,25-,28-/m000/s1. The third-order valence-electron chi connectivity index (χ3n) is 22.9. The van der Waals surface area contributed by atoms with Gasteiger partial charge in [0.05, 0.1) is 18.1 Å². The van der Waals surface area contributed by atoms with Gasteiger partial charge >= 0.3 is 17.9 Å². The molecule has 0 bridgehead atoms. The molecule has 814 valence electrons. The molecule has 0 aromatic heterocycles. The molecule has 39 heteroatoms. The summed E-state index contributed by atoms with van der Waals surface area (Å²) in [5, 5.41) is 79.0. The predicted octanol–water partition coefficient (Wildman–Crippen LogP) is 7.14. The maximum Gasteiger partial charge on any atom is 0.303 e. The molecule has 0 saturated carbocycles. The molecule has 0 unspecified atom stereocenters. The van der Waals surface area contributed by atoms with Crippen molar-refractivity contribution < 1.29 is 102 Å². The van der Waals surface area contributed by atoms with Crippen LogP contribution in [0, 0.1) is 53.3 Å². The Morgan fingerprint density at radius 2 is 0.514 bits per heavy atom. The summed E-state index contributed by atoms with van der Waals surface area (Å²) in [7, 11) is 0. The molecule has 0 radical (unpaired) electrons. The summed E-state index contributed by atoms with van der Waals surface area (Å²) < 4.78 is 0. The third kappa shape index (κ3) is 61.5. The smallest absolute Gasteiger partial charge is 0.303 e. The average molecular weight is 2010 g/mol. The Labute approximate surface area is 846 Å². The normalized spacial score (nSPS) is 14.5. The number of hydrogen-bond acceptors (Lipinski definition) is 21. The van der Waals surface area contributed by atoms with Crippen LogP contribution in [0.3, 0.4) is 0 Å². The highest BCUT2D eigenvalue weighted by atomic mass is 16.4. The summed E-state index contributed by atoms with van der Waals surface area (Å²) in [6.07, 6.45) is 6.66. The fraction of sp³-hybridized carbons (Fsp3) is 0.767. The van der Waals surface area contributed by atoms with Crippen LogP contribution in [0.1, 0.15) is 327 Å². The van der Waals surface area contributed by atoms with E-state index in [1.165, 1.54) is 0 Å². The largest absolute Gasteiger partial charge is 0.481 e. The van der Waals surface area contributed by atoms with E-state index in [4.69, 9.17) is 15.3 Å². The molecule has 0 aliphatic rings. The van der Waals surface area contributed by atoms with Crippen LogP contribution in [-0.2, 0) is 92.7 Å². The lowest BCUT2D eigenvalue weighted by atomic mass is 9.99. The van der Waals surface area contributed by atoms with Crippen LogP contribution < -0.4 is 95.7 Å². The second-order valence-corrected chi connectivity index (χ2v) is 40.5. The molecule has 0 heterocycles. The lowest BCUT2D eigenvalue weighted by molar-refractivity contribution is -0.138. The van der Waals surface area contributed by atoms with Crippen molar-refractivity contribution in [3.05, 3.63) is 35.9 Å². The van der Waals surface area contributed by atoms with Gasteiger partial charge in [-0.05, 0) is 183 Å². The van der Waals surface area contributed by atoms with Gasteiger partial charge in [0.1, 0.15) is 54.4 Å². The van der Waals surface area contributed by atoms with E-state index >= 15 is 0 Å². The van der Waals surface area contributed by atoms with Gasteiger partial charge in [0.15, 0.2) is 0 Å². The third-order valence-corrected chi connectivity index (χ3v) is 22.9. The van der Waals surface area contributed by atoms with Gasteiger partial charge in [-0.1, -0.05) is 195 Å². The number of likely N-dealkylation sites (N-methyl/N-ethyl adjacent to an activating group) is 3. The molecule has 142 heavy (non-hydrogen) atoms. The van der Waals surface area contributed by atoms with Gasteiger partial charge in [-0.2, -0.15) is 0 Å². The van der Waals surface area contributed by atoms with Crippen LogP contribution in [0.15, 0.2) is 30.3 Å². The van der Waals surface area contributed by atoms with Crippen molar-refractivity contribution in [2.24, 2.45) is 53.3 Å². The van der Waals surface area contributed by atoms with Crippen molar-refractivity contribution >= 4 is 107 Å². The zero-order valence-corrected chi connectivity index (χ0v) is 90.4. The number of carbonyl (C=O) groups is 18. The van der Waals surface area contributed by atoms with E-state index < -0.39 is 126 Å². The molecule has 0 aliphatic heterocycles. The highest BCUT2D eigenvalue weighted by Gasteiger charge is 2.37. The van der Waals surface area contributed by atoms with Gasteiger partial charge in [0.25, 0.3) is 0 Å². The number of aliphatic carboxylic acids is 3. The molecule has 1 rings (SSSR count). The minimum Gasteiger partial charge on any atom is -0.481 e. The first-order chi connectivity index (χ1) is 66.6. The SMILES string of the molecule is CCC[C@H](NC(=O)[C@H](CC(C)C)NC(=O)CCCC(=O)O)C(=O)N[C@H](CN[C@@H](C)C(=O)N[C@H](C(=O)NCC)C(C)C)CC(C)C.CCC[C@H](NC(=O)[C@H](CC(C)C)NC(=O)CCCC(=O)O)C(=O)N[C@H](CN[C@@H](CC)C(=O)N[C@H](C(=O)NCC)C(C)C)CC(C)C.CCNC(=O)[C@@H](NC(=O)[C@H](CC)NC[C@H](CC(C)C)NC(=O)[C@H](CCc1ccccc1)NC(=O)[C@H](CC(C)C)NC(=O)CCCC(=O)O)C(C)C. The number of carbonyl (C=O) groups excluding carboxylic acids is 15. The average Bonchev–Trinajstić information content (AvgIpc) is 0.931. The number of aryl methyl sites for hydroxylation is 1. The Morgan fingerprint density at radius 1 is 0.261 bits per heavy atom. The van der Waals surface area contributed by atoms with Gasteiger partial charge in [-0.15, -0.1) is 0 Å². The Kier molecular flexibility index (Phi) is 70.9. The molecule has 1 aromatic carbocycles. The van der Waals surface area contributed by atoms with Crippen LogP contribution in [0.25, 0.3) is 0 Å². The van der Waals surface area contributed by atoms with Gasteiger partial charge in [0.2, 0.25) is 88.6 Å². The van der Waals surface area contributed by atoms with Gasteiger partial charge in [-0.3, -0.25) is 86.3 Å². The van der Waals surface area contributed by atoms with Crippen LogP contribution in [0.2, 0.25) is 0 Å². The maximum atomic E-state index is 13.9. The number of rotatable bonds is 72. The quantitative estimate of drug-likeness (QED) is 0.0308. The summed E-state index contributed by atoms with van der Waals surface area (Å²) in [6, 6.07) is -0.463. The topological polar surface area (TPSA) is 584 Å². The first kappa shape index (κ1) is 134. The molecule has 0 spiro atoms. The Hall–Kier alpha value is -10.4. The second-order valence-electron chi connectivity index (χ2n) is 40.5. The van der Waals surface area contributed by atoms with Gasteiger partial charge < -0.3 is 111 Å². The van der Waals surface area contributed by atoms with E-state index in [1.54, 1.807) is 6.92 Å². The molecule has 0 saturated heterocycles. The molecule has 15 amide bonds. The minimum atomic E-state index is -0.998. The summed E-state index contributed by atoms with van der Waals surface area (Å²) in [6.45, 7) is 51.9. The van der Waals surface area contributed by atoms with E-state index in [9.17, 15) is 86.3 Å². The van der Waals surface area contributed by atoms with E-state index in [-0.39, 0.29) is 189 Å². The number of carboxylic acid groups (broad SMARTS) is 3. The summed E-state index contributed by atoms with van der Waals surface area (Å²) in [4.78, 5) is 228. The lowest BCUT2D eigenvalue weighted by Gasteiger charge is -2.29. The molecule has 1 aromatic rings. The van der Waals surface area contributed by atoms with Crippen molar-refractivity contribution in [2.45, 2.75) is 418 Å². The predicted molar refractivity (Wildman–Crippen MR) is 551 cm³/mol. The highest BCUT2D eigenvalue weighted by molar-refractivity contribution is 5.96. The number of carboxylic acids is 3. The highest BCUT2D eigenvalue weighted by Crippen LogP contribution is 2.18. The molecule has 0 aliphatic carbocycles. The molecule has 21 N–H and O–H groups in total. The van der Waals surface area contributed by atoms with Gasteiger partial charge in [0, 0.05) is 95.9 Å². The van der Waals surface area contributed by atoms with Crippen molar-refractivity contribution in [1.82, 2.24) is 95.7 Å². The van der Waals surface area contributed by atoms with Crippen LogP contribution in [0.4, 0.5) is 0 Å². The summed E-state index contributed by atoms with van der Waals surface area (Å²) in [5.74, 6) is -7.82. The molecule has 39 nitrogen and oxygen atoms in total. The van der Waals surface area contributed by atoms with E-state index in [0.29, 0.717) is 123 Å². The summed E-state index contributed by atoms with van der Waals surface area (Å²) in [5.41, 5.74) is 1.000. The molecule has 15 atom stereocenters. The zero-order chi connectivity index (χ0) is 109. The first-order valence-corrected chi connectivity index (χ1v) is 52.0.